The molecule has 0 aromatic carbocycles. The molecule has 1 nitrogen and oxygen atoms in total. The molecule has 1 saturated heterocycles. The van der Waals surface area contributed by atoms with Crippen LogP contribution < -0.4 is 0 Å². The largest absolute Gasteiger partial charge is 0.453 e. The average molecular weight is 377 g/mol. The summed E-state index contributed by atoms with van der Waals surface area (Å²) in [7, 11) is 0. The van der Waals surface area contributed by atoms with E-state index >= 15 is 0 Å². The Hall–Kier alpha value is -0.330. The molecule has 0 bridgehead atoms. The second-order valence-corrected chi connectivity index (χ2v) is 4.54. The molecule has 1 fully saturated rings. The summed E-state index contributed by atoms with van der Waals surface area (Å²) in [5.74, 6) is -6.24. The molecule has 0 radical (unpaired) electrons. The highest BCUT2D eigenvalue weighted by atomic mass is 79.9. The fourth-order valence-corrected chi connectivity index (χ4v) is 2.06. The van der Waals surface area contributed by atoms with E-state index in [4.69, 9.17) is 0 Å². The van der Waals surface area contributed by atoms with E-state index in [0.29, 0.717) is 0 Å². The lowest BCUT2D eigenvalue weighted by Gasteiger charge is -2.34. The van der Waals surface area contributed by atoms with Crippen molar-refractivity contribution in [3.05, 3.63) is 0 Å². The third kappa shape index (κ3) is 1.69. The van der Waals surface area contributed by atoms with E-state index in [1.54, 1.807) is 0 Å². The minimum absolute atomic E-state index is 0.773. The molecule has 0 saturated carbocycles. The first-order valence-corrected chi connectivity index (χ1v) is 4.72. The predicted octanol–water partition coefficient (Wildman–Crippen LogP) is 4.17. The van der Waals surface area contributed by atoms with Crippen molar-refractivity contribution in [2.45, 2.75) is 34.6 Å². The van der Waals surface area contributed by atoms with Crippen LogP contribution in [0, 0.1) is 0 Å². The van der Waals surface area contributed by atoms with Gasteiger partial charge < -0.3 is 0 Å². The number of hydrogen-bond acceptors (Lipinski definition) is 1. The van der Waals surface area contributed by atoms with Crippen LogP contribution in [-0.4, -0.2) is 34.6 Å². The fraction of sp³-hybridized carbons (Fsp3) is 1.00. The summed E-state index contributed by atoms with van der Waals surface area (Å²) < 4.78 is 134. The zero-order valence-corrected chi connectivity index (χ0v) is 9.53. The molecule has 0 aromatic heterocycles. The SMILES string of the molecule is FC(F)(F)C1(F)OC(F)(F)C(F)(C(F)(F)F)C1(F)Br. The van der Waals surface area contributed by atoms with Gasteiger partial charge in [-0.15, -0.1) is 0 Å². The van der Waals surface area contributed by atoms with E-state index < -0.39 is 34.6 Å². The smallest absolute Gasteiger partial charge is 0.268 e. The van der Waals surface area contributed by atoms with E-state index in [-0.39, 0.29) is 0 Å². The van der Waals surface area contributed by atoms with Crippen molar-refractivity contribution >= 4 is 15.9 Å². The Labute approximate surface area is 104 Å². The summed E-state index contributed by atoms with van der Waals surface area (Å²) in [5.41, 5.74) is -6.59. The van der Waals surface area contributed by atoms with Crippen LogP contribution >= 0.6 is 15.9 Å². The quantitative estimate of drug-likeness (QED) is 0.455. The highest BCUT2D eigenvalue weighted by Gasteiger charge is 2.98. The van der Waals surface area contributed by atoms with Gasteiger partial charge in [-0.1, -0.05) is 0 Å². The first kappa shape index (κ1) is 16.7. The van der Waals surface area contributed by atoms with E-state index in [2.05, 4.69) is 4.74 Å². The maximum atomic E-state index is 13.3. The van der Waals surface area contributed by atoms with Crippen molar-refractivity contribution in [3.8, 4) is 0 Å². The third-order valence-electron chi connectivity index (χ3n) is 2.26. The van der Waals surface area contributed by atoms with Gasteiger partial charge in [0.2, 0.25) is 0 Å². The van der Waals surface area contributed by atoms with Crippen LogP contribution in [0.1, 0.15) is 0 Å². The second-order valence-electron chi connectivity index (χ2n) is 3.44. The van der Waals surface area contributed by atoms with Crippen LogP contribution in [0.5, 0.6) is 0 Å². The average Bonchev–Trinajstić information content (AvgIpc) is 2.21. The van der Waals surface area contributed by atoms with Crippen LogP contribution in [0.15, 0.2) is 0 Å². The molecule has 13 heteroatoms. The lowest BCUT2D eigenvalue weighted by molar-refractivity contribution is -0.400. The van der Waals surface area contributed by atoms with E-state index in [1.165, 1.54) is 0 Å². The Morgan fingerprint density at radius 3 is 1.26 bits per heavy atom. The van der Waals surface area contributed by atoms with Gasteiger partial charge in [-0.05, 0) is 15.9 Å². The van der Waals surface area contributed by atoms with E-state index in [0.717, 1.165) is 15.9 Å². The first-order valence-electron chi connectivity index (χ1n) is 3.93. The van der Waals surface area contributed by atoms with Gasteiger partial charge in [0.1, 0.15) is 0 Å². The molecule has 3 unspecified atom stereocenters. The van der Waals surface area contributed by atoms with Gasteiger partial charge in [0, 0.05) is 0 Å². The molecule has 0 N–H and O–H groups in total. The lowest BCUT2D eigenvalue weighted by Crippen LogP contribution is -2.65. The number of alkyl halides is 12. The minimum Gasteiger partial charge on any atom is -0.268 e. The minimum atomic E-state index is -6.90. The van der Waals surface area contributed by atoms with Crippen molar-refractivity contribution in [2.75, 3.05) is 0 Å². The predicted molar refractivity (Wildman–Crippen MR) is 38.6 cm³/mol. The summed E-state index contributed by atoms with van der Waals surface area (Å²) in [6.07, 6.45) is -20.0. The maximum Gasteiger partial charge on any atom is 0.453 e. The Morgan fingerprint density at radius 2 is 1.11 bits per heavy atom. The zero-order chi connectivity index (χ0) is 15.7. The van der Waals surface area contributed by atoms with E-state index in [9.17, 15) is 48.3 Å². The van der Waals surface area contributed by atoms with Gasteiger partial charge in [0.15, 0.2) is 0 Å². The molecule has 0 aromatic rings. The van der Waals surface area contributed by atoms with Crippen LogP contribution in [0.2, 0.25) is 0 Å². The third-order valence-corrected chi connectivity index (χ3v) is 3.32. The Bertz CT molecular complexity index is 386. The molecule has 1 heterocycles. The summed E-state index contributed by atoms with van der Waals surface area (Å²) in [5, 5.41) is 0. The van der Waals surface area contributed by atoms with Crippen LogP contribution in [0.3, 0.4) is 0 Å². The van der Waals surface area contributed by atoms with Gasteiger partial charge in [-0.25, -0.2) is 8.78 Å². The molecule has 0 amide bonds. The lowest BCUT2D eigenvalue weighted by atomic mass is 9.95. The topological polar surface area (TPSA) is 9.23 Å². The zero-order valence-electron chi connectivity index (χ0n) is 7.94. The van der Waals surface area contributed by atoms with Crippen molar-refractivity contribution in [1.29, 1.82) is 0 Å². The molecule has 1 aliphatic heterocycles. The highest BCUT2D eigenvalue weighted by Crippen LogP contribution is 2.69. The Kier molecular flexibility index (Phi) is 3.21. The van der Waals surface area contributed by atoms with Gasteiger partial charge >= 0.3 is 30.0 Å². The molecule has 0 spiro atoms. The first-order chi connectivity index (χ1) is 7.96. The van der Waals surface area contributed by atoms with Gasteiger partial charge in [-0.2, -0.15) is 39.5 Å². The Morgan fingerprint density at radius 1 is 0.737 bits per heavy atom. The number of rotatable bonds is 0. The van der Waals surface area contributed by atoms with Crippen molar-refractivity contribution in [2.24, 2.45) is 0 Å². The molecular weight excluding hydrogens is 377 g/mol. The normalized spacial score (nSPS) is 43.6. The van der Waals surface area contributed by atoms with Gasteiger partial charge in [0.25, 0.3) is 4.58 Å². The molecule has 1 rings (SSSR count). The van der Waals surface area contributed by atoms with Crippen molar-refractivity contribution < 1.29 is 53.0 Å². The summed E-state index contributed by atoms with van der Waals surface area (Å²) in [6, 6.07) is 0. The number of hydrogen-bond donors (Lipinski definition) is 0. The van der Waals surface area contributed by atoms with Gasteiger partial charge in [0.05, 0.1) is 0 Å². The van der Waals surface area contributed by atoms with Crippen molar-refractivity contribution in [1.82, 2.24) is 0 Å². The molecule has 114 valence electrons. The second kappa shape index (κ2) is 3.65. The fourth-order valence-electron chi connectivity index (χ4n) is 1.29. The summed E-state index contributed by atoms with van der Waals surface area (Å²) in [4.78, 5) is 0. The van der Waals surface area contributed by atoms with E-state index in [1.807, 2.05) is 0 Å². The van der Waals surface area contributed by atoms with Crippen LogP contribution in [0.25, 0.3) is 0 Å². The molecular formula is C6BrF11O. The number of halogens is 12. The summed E-state index contributed by atoms with van der Waals surface area (Å²) >= 11 is 0.773. The maximum absolute atomic E-state index is 13.3. The van der Waals surface area contributed by atoms with Crippen LogP contribution in [0.4, 0.5) is 48.3 Å². The van der Waals surface area contributed by atoms with Gasteiger partial charge in [-0.3, -0.25) is 4.74 Å². The number of ether oxygens (including phenoxy) is 1. The standard InChI is InChI=1S/C6BrF11O/c7-2(9)1(8,4(11,12)13)6(17,18)19-3(2,10)5(14,15)16. The molecule has 3 atom stereocenters. The van der Waals surface area contributed by atoms with Crippen molar-refractivity contribution in [3.63, 3.8) is 0 Å². The molecule has 1 aliphatic rings. The Balaban J connectivity index is 3.62. The summed E-state index contributed by atoms with van der Waals surface area (Å²) in [6.45, 7) is 0. The molecule has 19 heavy (non-hydrogen) atoms. The highest BCUT2D eigenvalue weighted by molar-refractivity contribution is 9.10. The molecule has 0 aliphatic carbocycles. The van der Waals surface area contributed by atoms with Crippen LogP contribution in [-0.2, 0) is 4.74 Å². The monoisotopic (exact) mass is 376 g/mol.